The van der Waals surface area contributed by atoms with Gasteiger partial charge in [-0.3, -0.25) is 0 Å². The van der Waals surface area contributed by atoms with Crippen LogP contribution in [0.2, 0.25) is 10.0 Å². The van der Waals surface area contributed by atoms with Gasteiger partial charge in [0.1, 0.15) is 12.4 Å². The van der Waals surface area contributed by atoms with Crippen molar-refractivity contribution in [3.8, 4) is 5.75 Å². The lowest BCUT2D eigenvalue weighted by Gasteiger charge is -2.09. The Bertz CT molecular complexity index is 700. The van der Waals surface area contributed by atoms with Crippen LogP contribution in [0.1, 0.15) is 18.1 Å². The third kappa shape index (κ3) is 5.67. The molecule has 3 N–H and O–H groups in total. The Balaban J connectivity index is 1.90. The summed E-state index contributed by atoms with van der Waals surface area (Å²) in [6.07, 6.45) is 1.80. The zero-order valence-corrected chi connectivity index (χ0v) is 15.4. The summed E-state index contributed by atoms with van der Waals surface area (Å²) in [5, 5.41) is 7.64. The van der Waals surface area contributed by atoms with Crippen LogP contribution < -0.4 is 20.6 Å². The Kier molecular flexibility index (Phi) is 7.31. The van der Waals surface area contributed by atoms with E-state index in [4.69, 9.17) is 40.2 Å². The normalized spacial score (nSPS) is 10.6. The number of hydrazine groups is 1. The van der Waals surface area contributed by atoms with Gasteiger partial charge in [0.2, 0.25) is 5.11 Å². The molecule has 0 aromatic heterocycles. The van der Waals surface area contributed by atoms with Gasteiger partial charge in [0.15, 0.2) is 6.21 Å². The summed E-state index contributed by atoms with van der Waals surface area (Å²) in [6.45, 7) is 3.07. The molecule has 2 aromatic rings. The van der Waals surface area contributed by atoms with Crippen LogP contribution in [0.5, 0.6) is 5.75 Å². The van der Waals surface area contributed by atoms with Crippen LogP contribution in [0.3, 0.4) is 0 Å². The first kappa shape index (κ1) is 18.5. The summed E-state index contributed by atoms with van der Waals surface area (Å²) < 4.78 is 5.73. The zero-order chi connectivity index (χ0) is 17.4. The van der Waals surface area contributed by atoms with Gasteiger partial charge in [-0.2, -0.15) is 0 Å². The molecule has 7 heteroatoms. The number of thiocarbonyl (C=S) groups is 1. The molecule has 0 heterocycles. The number of nitrogens with one attached hydrogen (secondary N) is 3. The Morgan fingerprint density at radius 1 is 1.17 bits per heavy atom. The Labute approximate surface area is 156 Å². The molecule has 0 saturated carbocycles. The number of halogens is 2. The van der Waals surface area contributed by atoms with Crippen LogP contribution in [0, 0.1) is 0 Å². The van der Waals surface area contributed by atoms with E-state index in [1.54, 1.807) is 18.3 Å². The molecule has 0 radical (unpaired) electrons. The van der Waals surface area contributed by atoms with Crippen LogP contribution in [-0.4, -0.2) is 17.9 Å². The van der Waals surface area contributed by atoms with Crippen molar-refractivity contribution < 1.29 is 9.84 Å². The van der Waals surface area contributed by atoms with Crippen molar-refractivity contribution in [2.45, 2.75) is 13.5 Å². The molecule has 0 saturated heterocycles. The molecular formula is C17H18Cl2N3OS+. The number of rotatable bonds is 6. The highest BCUT2D eigenvalue weighted by atomic mass is 35.5. The van der Waals surface area contributed by atoms with Crippen LogP contribution >= 0.6 is 35.4 Å². The van der Waals surface area contributed by atoms with Crippen LogP contribution in [0.4, 0.5) is 0 Å². The van der Waals surface area contributed by atoms with E-state index < -0.39 is 0 Å². The number of hydrazone groups is 1. The summed E-state index contributed by atoms with van der Waals surface area (Å²) in [6, 6.07) is 13.0. The lowest BCUT2D eigenvalue weighted by atomic mass is 10.2. The van der Waals surface area contributed by atoms with Crippen molar-refractivity contribution in [2.24, 2.45) is 0 Å². The highest BCUT2D eigenvalue weighted by Gasteiger charge is 2.06. The minimum atomic E-state index is 0.318. The number of hydrogen-bond acceptors (Lipinski definition) is 2. The molecule has 2 rings (SSSR count). The first-order chi connectivity index (χ1) is 11.6. The van der Waals surface area contributed by atoms with Crippen molar-refractivity contribution >= 4 is 46.7 Å². The van der Waals surface area contributed by atoms with Gasteiger partial charge in [-0.25, -0.2) is 0 Å². The third-order valence-corrected chi connectivity index (χ3v) is 4.04. The summed E-state index contributed by atoms with van der Waals surface area (Å²) >= 11 is 17.3. The fourth-order valence-corrected chi connectivity index (χ4v) is 2.59. The Morgan fingerprint density at radius 3 is 2.46 bits per heavy atom. The number of hydrogen-bond donors (Lipinski definition) is 3. The van der Waals surface area contributed by atoms with E-state index >= 15 is 0 Å². The SMILES string of the molecule is CCNC(=S)N[NH+]=Cc1ccc(OCc2c(Cl)cccc2Cl)cc1. The van der Waals surface area contributed by atoms with E-state index in [0.717, 1.165) is 23.4 Å². The molecule has 0 bridgehead atoms. The molecule has 2 aromatic carbocycles. The van der Waals surface area contributed by atoms with Gasteiger partial charge in [0.05, 0.1) is 0 Å². The standard InChI is InChI=1S/C17H17Cl2N3OS/c1-2-20-17(24)22-21-10-12-6-8-13(9-7-12)23-11-14-15(18)4-3-5-16(14)19/h3-10H,2,11H2,1H3,(H2,20,22,24)/p+1. The van der Waals surface area contributed by atoms with Crippen LogP contribution in [-0.2, 0) is 6.61 Å². The largest absolute Gasteiger partial charge is 0.489 e. The molecule has 24 heavy (non-hydrogen) atoms. The van der Waals surface area contributed by atoms with E-state index in [2.05, 4.69) is 15.8 Å². The number of benzene rings is 2. The minimum Gasteiger partial charge on any atom is -0.489 e. The molecule has 4 nitrogen and oxygen atoms in total. The molecule has 0 spiro atoms. The Hall–Kier alpha value is -1.82. The second-order valence-electron chi connectivity index (χ2n) is 4.83. The molecule has 0 amide bonds. The van der Waals surface area contributed by atoms with Gasteiger partial charge >= 0.3 is 0 Å². The predicted molar refractivity (Wildman–Crippen MR) is 103 cm³/mol. The average Bonchev–Trinajstić information content (AvgIpc) is 2.56. The predicted octanol–water partition coefficient (Wildman–Crippen LogP) is 2.47. The zero-order valence-electron chi connectivity index (χ0n) is 13.1. The van der Waals surface area contributed by atoms with Crippen molar-refractivity contribution in [3.05, 3.63) is 63.6 Å². The molecule has 0 fully saturated rings. The molecule has 0 atom stereocenters. The van der Waals surface area contributed by atoms with Gasteiger partial charge in [-0.05, 0) is 55.5 Å². The Morgan fingerprint density at radius 2 is 1.83 bits per heavy atom. The van der Waals surface area contributed by atoms with Crippen molar-refractivity contribution in [3.63, 3.8) is 0 Å². The van der Waals surface area contributed by atoms with Crippen LogP contribution in [0.25, 0.3) is 0 Å². The molecule has 0 unspecified atom stereocenters. The van der Waals surface area contributed by atoms with Gasteiger partial charge < -0.3 is 10.1 Å². The van der Waals surface area contributed by atoms with Crippen molar-refractivity contribution in [1.29, 1.82) is 0 Å². The van der Waals surface area contributed by atoms with E-state index in [9.17, 15) is 0 Å². The van der Waals surface area contributed by atoms with Gasteiger partial charge in [0, 0.05) is 27.7 Å². The lowest BCUT2D eigenvalue weighted by Crippen LogP contribution is -2.82. The molecule has 0 aliphatic heterocycles. The molecule has 126 valence electrons. The van der Waals surface area contributed by atoms with Crippen LogP contribution in [0.15, 0.2) is 42.5 Å². The first-order valence-electron chi connectivity index (χ1n) is 7.38. The summed E-state index contributed by atoms with van der Waals surface area (Å²) in [5.41, 5.74) is 4.61. The van der Waals surface area contributed by atoms with Gasteiger partial charge in [-0.15, -0.1) is 10.5 Å². The van der Waals surface area contributed by atoms with E-state index in [1.807, 2.05) is 37.3 Å². The van der Waals surface area contributed by atoms with Gasteiger partial charge in [0.25, 0.3) is 0 Å². The molecule has 0 aliphatic rings. The maximum atomic E-state index is 6.13. The van der Waals surface area contributed by atoms with E-state index in [1.165, 1.54) is 0 Å². The van der Waals surface area contributed by atoms with E-state index in [-0.39, 0.29) is 0 Å². The highest BCUT2D eigenvalue weighted by molar-refractivity contribution is 7.80. The maximum Gasteiger partial charge on any atom is 0.223 e. The topological polar surface area (TPSA) is 47.3 Å². The molecule has 0 aliphatic carbocycles. The van der Waals surface area contributed by atoms with Gasteiger partial charge in [-0.1, -0.05) is 29.3 Å². The summed E-state index contributed by atoms with van der Waals surface area (Å²) in [5.74, 6) is 0.735. The van der Waals surface area contributed by atoms with E-state index in [0.29, 0.717) is 21.8 Å². The average molecular weight is 383 g/mol. The number of ether oxygens (including phenoxy) is 1. The molecular weight excluding hydrogens is 365 g/mol. The smallest absolute Gasteiger partial charge is 0.223 e. The maximum absolute atomic E-state index is 6.13. The van der Waals surface area contributed by atoms with Crippen molar-refractivity contribution in [1.82, 2.24) is 10.7 Å². The summed E-state index contributed by atoms with van der Waals surface area (Å²) in [7, 11) is 0. The second-order valence-corrected chi connectivity index (χ2v) is 6.05. The van der Waals surface area contributed by atoms with Crippen molar-refractivity contribution in [2.75, 3.05) is 6.54 Å². The third-order valence-electron chi connectivity index (χ3n) is 3.09. The first-order valence-corrected chi connectivity index (χ1v) is 8.55. The quantitative estimate of drug-likeness (QED) is 0.408. The summed E-state index contributed by atoms with van der Waals surface area (Å²) in [4.78, 5) is 0. The second kappa shape index (κ2) is 9.47. The fraction of sp³-hybridized carbons (Fsp3) is 0.176. The monoisotopic (exact) mass is 382 g/mol. The highest BCUT2D eigenvalue weighted by Crippen LogP contribution is 2.25. The lowest BCUT2D eigenvalue weighted by molar-refractivity contribution is -0.500. The fourth-order valence-electron chi connectivity index (χ4n) is 1.88. The minimum absolute atomic E-state index is 0.318.